The Labute approximate surface area is 161 Å². The molecule has 7 heteroatoms. The van der Waals surface area contributed by atoms with Gasteiger partial charge in [0.1, 0.15) is 6.17 Å². The third-order valence-corrected chi connectivity index (χ3v) is 7.15. The molecule has 1 aliphatic carbocycles. The van der Waals surface area contributed by atoms with Gasteiger partial charge in [-0.1, -0.05) is 6.58 Å². The van der Waals surface area contributed by atoms with Crippen LogP contribution in [0, 0.1) is 11.8 Å². The molecule has 152 valence electrons. The highest BCUT2D eigenvalue weighted by molar-refractivity contribution is 5.87. The number of hydrazine groups is 1. The fourth-order valence-corrected chi connectivity index (χ4v) is 5.62. The Morgan fingerprint density at radius 2 is 1.85 bits per heavy atom. The molecule has 0 radical (unpaired) electrons. The summed E-state index contributed by atoms with van der Waals surface area (Å²) in [5.41, 5.74) is 3.62. The maximum atomic E-state index is 13.6. The highest BCUT2D eigenvalue weighted by Gasteiger charge is 2.46. The van der Waals surface area contributed by atoms with Crippen LogP contribution in [0.25, 0.3) is 0 Å². The predicted octanol–water partition coefficient (Wildman–Crippen LogP) is 1.01. The summed E-state index contributed by atoms with van der Waals surface area (Å²) < 4.78 is 13.6. The number of nitrogens with one attached hydrogen (secondary N) is 3. The van der Waals surface area contributed by atoms with E-state index in [9.17, 15) is 9.18 Å². The minimum atomic E-state index is -0.631. The number of carbonyl (C=O) groups excluding carboxylic acids is 1. The van der Waals surface area contributed by atoms with E-state index < -0.39 is 6.17 Å². The van der Waals surface area contributed by atoms with Crippen LogP contribution in [0.5, 0.6) is 0 Å². The smallest absolute Gasteiger partial charge is 0.246 e. The Kier molecular flexibility index (Phi) is 5.83. The first-order valence-electron chi connectivity index (χ1n) is 10.6. The first kappa shape index (κ1) is 19.3. The van der Waals surface area contributed by atoms with Gasteiger partial charge in [0, 0.05) is 44.8 Å². The van der Waals surface area contributed by atoms with Gasteiger partial charge in [-0.05, 0) is 56.4 Å². The molecule has 5 atom stereocenters. The van der Waals surface area contributed by atoms with Crippen molar-refractivity contribution >= 4 is 5.91 Å². The average molecular weight is 380 g/mol. The normalized spacial score (nSPS) is 43.3. The number of hydrogen-bond donors (Lipinski definition) is 3. The van der Waals surface area contributed by atoms with Gasteiger partial charge in [-0.2, -0.15) is 0 Å². The Morgan fingerprint density at radius 3 is 2.52 bits per heavy atom. The zero-order chi connectivity index (χ0) is 19.0. The van der Waals surface area contributed by atoms with E-state index in [1.165, 1.54) is 6.08 Å². The van der Waals surface area contributed by atoms with Crippen molar-refractivity contribution in [1.82, 2.24) is 26.0 Å². The molecule has 0 spiro atoms. The van der Waals surface area contributed by atoms with Crippen LogP contribution in [0.1, 0.15) is 38.5 Å². The van der Waals surface area contributed by atoms with E-state index in [-0.39, 0.29) is 18.1 Å². The Morgan fingerprint density at radius 1 is 1.07 bits per heavy atom. The molecular formula is C20H34FN5O. The molecule has 3 heterocycles. The quantitative estimate of drug-likeness (QED) is 0.639. The summed E-state index contributed by atoms with van der Waals surface area (Å²) in [4.78, 5) is 14.1. The second-order valence-corrected chi connectivity index (χ2v) is 8.84. The van der Waals surface area contributed by atoms with Gasteiger partial charge in [-0.15, -0.1) is 0 Å². The highest BCUT2D eigenvalue weighted by Crippen LogP contribution is 2.34. The number of fused-ring (bicyclic) bond motifs is 1. The topological polar surface area (TPSA) is 59.6 Å². The van der Waals surface area contributed by atoms with Gasteiger partial charge in [0.25, 0.3) is 0 Å². The summed E-state index contributed by atoms with van der Waals surface area (Å²) in [6.45, 7) is 6.25. The van der Waals surface area contributed by atoms with Gasteiger partial charge in [0.05, 0.1) is 6.17 Å². The van der Waals surface area contributed by atoms with Crippen molar-refractivity contribution < 1.29 is 9.18 Å². The SMILES string of the molecule is C=CC(=O)N1CCC2C(C1)NC(C1CCC(F)CC1)NC2C1CCN(C)N1. The van der Waals surface area contributed by atoms with E-state index in [1.807, 2.05) is 4.90 Å². The van der Waals surface area contributed by atoms with E-state index in [1.54, 1.807) is 0 Å². The fourth-order valence-electron chi connectivity index (χ4n) is 5.62. The third-order valence-electron chi connectivity index (χ3n) is 7.15. The van der Waals surface area contributed by atoms with Crippen molar-refractivity contribution in [2.45, 2.75) is 69.0 Å². The summed E-state index contributed by atoms with van der Waals surface area (Å²) in [6, 6.07) is 1.09. The van der Waals surface area contributed by atoms with Crippen LogP contribution in [0.4, 0.5) is 4.39 Å². The van der Waals surface area contributed by atoms with Crippen molar-refractivity contribution in [1.29, 1.82) is 0 Å². The van der Waals surface area contributed by atoms with E-state index in [0.717, 1.165) is 45.3 Å². The average Bonchev–Trinajstić information content (AvgIpc) is 3.12. The van der Waals surface area contributed by atoms with E-state index in [0.29, 0.717) is 36.8 Å². The number of carbonyl (C=O) groups is 1. The zero-order valence-corrected chi connectivity index (χ0v) is 16.4. The van der Waals surface area contributed by atoms with Crippen LogP contribution in [0.15, 0.2) is 12.7 Å². The second kappa shape index (κ2) is 8.15. The Balaban J connectivity index is 1.50. The number of likely N-dealkylation sites (tertiary alicyclic amines) is 1. The van der Waals surface area contributed by atoms with E-state index in [2.05, 4.69) is 34.7 Å². The van der Waals surface area contributed by atoms with Crippen molar-refractivity contribution in [3.05, 3.63) is 12.7 Å². The lowest BCUT2D eigenvalue weighted by Gasteiger charge is -2.52. The Hall–Kier alpha value is -1.02. The van der Waals surface area contributed by atoms with Crippen LogP contribution in [0.2, 0.25) is 0 Å². The lowest BCUT2D eigenvalue weighted by Crippen LogP contribution is -2.72. The minimum Gasteiger partial charge on any atom is -0.338 e. The number of hydrogen-bond acceptors (Lipinski definition) is 5. The molecule has 1 amide bonds. The lowest BCUT2D eigenvalue weighted by molar-refractivity contribution is -0.129. The van der Waals surface area contributed by atoms with Gasteiger partial charge >= 0.3 is 0 Å². The molecular weight excluding hydrogens is 345 g/mol. The molecule has 6 nitrogen and oxygen atoms in total. The first-order valence-corrected chi connectivity index (χ1v) is 10.6. The number of alkyl halides is 1. The van der Waals surface area contributed by atoms with Crippen LogP contribution in [-0.4, -0.2) is 73.0 Å². The fraction of sp³-hybridized carbons (Fsp3) is 0.850. The molecule has 4 aliphatic rings. The number of nitrogens with zero attached hydrogens (tertiary/aromatic N) is 2. The molecule has 0 aromatic rings. The van der Waals surface area contributed by atoms with Crippen molar-refractivity contribution in [2.24, 2.45) is 11.8 Å². The summed E-state index contributed by atoms with van der Waals surface area (Å²) in [5.74, 6) is 0.986. The van der Waals surface area contributed by atoms with Crippen molar-refractivity contribution in [2.75, 3.05) is 26.7 Å². The van der Waals surface area contributed by atoms with Gasteiger partial charge in [0.2, 0.25) is 5.91 Å². The van der Waals surface area contributed by atoms with Crippen LogP contribution in [0.3, 0.4) is 0 Å². The molecule has 3 aliphatic heterocycles. The minimum absolute atomic E-state index is 0.0264. The molecule has 4 fully saturated rings. The lowest BCUT2D eigenvalue weighted by atomic mass is 9.76. The summed E-state index contributed by atoms with van der Waals surface area (Å²) in [5, 5.41) is 9.91. The van der Waals surface area contributed by atoms with Gasteiger partial charge in [-0.3, -0.25) is 20.9 Å². The summed E-state index contributed by atoms with van der Waals surface area (Å²) in [7, 11) is 2.10. The number of amides is 1. The largest absolute Gasteiger partial charge is 0.338 e. The van der Waals surface area contributed by atoms with Gasteiger partial charge < -0.3 is 4.90 Å². The monoisotopic (exact) mass is 379 g/mol. The van der Waals surface area contributed by atoms with Gasteiger partial charge in [-0.25, -0.2) is 9.40 Å². The number of halogens is 1. The maximum Gasteiger partial charge on any atom is 0.246 e. The molecule has 0 aromatic heterocycles. The molecule has 0 bridgehead atoms. The molecule has 5 unspecified atom stereocenters. The molecule has 3 N–H and O–H groups in total. The maximum absolute atomic E-state index is 13.6. The zero-order valence-electron chi connectivity index (χ0n) is 16.4. The molecule has 3 saturated heterocycles. The van der Waals surface area contributed by atoms with Crippen molar-refractivity contribution in [3.8, 4) is 0 Å². The number of rotatable bonds is 3. The van der Waals surface area contributed by atoms with Crippen LogP contribution >= 0.6 is 0 Å². The summed E-state index contributed by atoms with van der Waals surface area (Å²) in [6.07, 6.45) is 6.35. The molecule has 0 aromatic carbocycles. The van der Waals surface area contributed by atoms with Crippen LogP contribution in [-0.2, 0) is 4.79 Å². The van der Waals surface area contributed by atoms with Gasteiger partial charge in [0.15, 0.2) is 0 Å². The predicted molar refractivity (Wildman–Crippen MR) is 104 cm³/mol. The number of piperidine rings is 1. The van der Waals surface area contributed by atoms with E-state index >= 15 is 0 Å². The standard InChI is InChI=1S/C20H34FN5O/c1-3-18(27)26-11-8-15-17(12-26)22-20(13-4-6-14(21)7-5-13)23-19(15)16-9-10-25(2)24-16/h3,13-17,19-20,22-24H,1,4-12H2,2H3. The molecule has 1 saturated carbocycles. The third kappa shape index (κ3) is 4.06. The van der Waals surface area contributed by atoms with Crippen LogP contribution < -0.4 is 16.1 Å². The summed E-state index contributed by atoms with van der Waals surface area (Å²) >= 11 is 0. The van der Waals surface area contributed by atoms with E-state index in [4.69, 9.17) is 0 Å². The first-order chi connectivity index (χ1) is 13.0. The second-order valence-electron chi connectivity index (χ2n) is 8.84. The highest BCUT2D eigenvalue weighted by atomic mass is 19.1. The van der Waals surface area contributed by atoms with Crippen molar-refractivity contribution in [3.63, 3.8) is 0 Å². The Bertz CT molecular complexity index is 552. The molecule has 4 rings (SSSR count). The molecule has 27 heavy (non-hydrogen) atoms.